The van der Waals surface area contributed by atoms with Crippen molar-refractivity contribution in [2.24, 2.45) is 0 Å². The van der Waals surface area contributed by atoms with Gasteiger partial charge in [-0.3, -0.25) is 10.1 Å². The normalized spacial score (nSPS) is 10.3. The van der Waals surface area contributed by atoms with E-state index in [1.165, 1.54) is 0 Å². The first kappa shape index (κ1) is 13.1. The SMILES string of the molecule is O=[N+]([O-])c1ccc(-c2ccccc2)c(-c2ccccc2)c1. The topological polar surface area (TPSA) is 43.1 Å². The average molecular weight is 275 g/mol. The Balaban J connectivity index is 2.23. The molecule has 0 unspecified atom stereocenters. The van der Waals surface area contributed by atoms with Crippen molar-refractivity contribution in [2.45, 2.75) is 0 Å². The maximum atomic E-state index is 11.0. The second kappa shape index (κ2) is 5.59. The molecule has 3 rings (SSSR count). The van der Waals surface area contributed by atoms with E-state index in [-0.39, 0.29) is 10.6 Å². The first-order valence-corrected chi connectivity index (χ1v) is 6.65. The van der Waals surface area contributed by atoms with Gasteiger partial charge in [-0.2, -0.15) is 0 Å². The number of hydrogen-bond acceptors (Lipinski definition) is 2. The average Bonchev–Trinajstić information content (AvgIpc) is 2.56. The van der Waals surface area contributed by atoms with Crippen molar-refractivity contribution in [1.82, 2.24) is 0 Å². The minimum absolute atomic E-state index is 0.105. The van der Waals surface area contributed by atoms with Gasteiger partial charge in [-0.05, 0) is 28.3 Å². The fourth-order valence-electron chi connectivity index (χ4n) is 2.37. The molecule has 0 aromatic heterocycles. The molecule has 0 radical (unpaired) electrons. The number of nitro groups is 1. The van der Waals surface area contributed by atoms with Gasteiger partial charge in [0.2, 0.25) is 0 Å². The van der Waals surface area contributed by atoms with Crippen LogP contribution in [-0.4, -0.2) is 4.92 Å². The van der Waals surface area contributed by atoms with Crippen molar-refractivity contribution in [3.63, 3.8) is 0 Å². The summed E-state index contributed by atoms with van der Waals surface area (Å²) in [5.41, 5.74) is 3.99. The molecule has 0 fully saturated rings. The Morgan fingerprint density at radius 1 is 0.667 bits per heavy atom. The molecule has 0 saturated heterocycles. The zero-order valence-corrected chi connectivity index (χ0v) is 11.3. The third-order valence-corrected chi connectivity index (χ3v) is 3.38. The van der Waals surface area contributed by atoms with Crippen molar-refractivity contribution in [2.75, 3.05) is 0 Å². The molecule has 0 bridgehead atoms. The zero-order valence-electron chi connectivity index (χ0n) is 11.3. The Morgan fingerprint density at radius 3 is 1.71 bits per heavy atom. The van der Waals surface area contributed by atoms with Crippen molar-refractivity contribution in [1.29, 1.82) is 0 Å². The quantitative estimate of drug-likeness (QED) is 0.502. The van der Waals surface area contributed by atoms with Crippen LogP contribution in [0.2, 0.25) is 0 Å². The standard InChI is InChI=1S/C18H13NO2/c20-19(21)16-11-12-17(14-7-3-1-4-8-14)18(13-16)15-9-5-2-6-10-15/h1-13H. The lowest BCUT2D eigenvalue weighted by atomic mass is 9.94. The Kier molecular flexibility index (Phi) is 3.48. The molecule has 0 spiro atoms. The van der Waals surface area contributed by atoms with Gasteiger partial charge in [-0.15, -0.1) is 0 Å². The minimum Gasteiger partial charge on any atom is -0.258 e. The Hall–Kier alpha value is -2.94. The van der Waals surface area contributed by atoms with Gasteiger partial charge >= 0.3 is 0 Å². The fraction of sp³-hybridized carbons (Fsp3) is 0. The molecule has 3 aromatic rings. The van der Waals surface area contributed by atoms with Gasteiger partial charge in [0, 0.05) is 12.1 Å². The third kappa shape index (κ3) is 2.67. The van der Waals surface area contributed by atoms with Crippen LogP contribution < -0.4 is 0 Å². The Morgan fingerprint density at radius 2 is 1.19 bits per heavy atom. The van der Waals surface area contributed by atoms with E-state index < -0.39 is 0 Å². The first-order chi connectivity index (χ1) is 10.3. The molecule has 0 heterocycles. The summed E-state index contributed by atoms with van der Waals surface area (Å²) in [4.78, 5) is 10.7. The molecule has 0 saturated carbocycles. The van der Waals surface area contributed by atoms with E-state index >= 15 is 0 Å². The summed E-state index contributed by atoms with van der Waals surface area (Å²) in [5.74, 6) is 0. The van der Waals surface area contributed by atoms with Crippen molar-refractivity contribution in [3.8, 4) is 22.3 Å². The molecule has 0 atom stereocenters. The predicted octanol–water partition coefficient (Wildman–Crippen LogP) is 4.93. The van der Waals surface area contributed by atoms with Gasteiger partial charge in [0.1, 0.15) is 0 Å². The summed E-state index contributed by atoms with van der Waals surface area (Å²) in [7, 11) is 0. The van der Waals surface area contributed by atoms with Crippen LogP contribution in [0.25, 0.3) is 22.3 Å². The molecule has 0 aliphatic heterocycles. The summed E-state index contributed by atoms with van der Waals surface area (Å²) in [6.45, 7) is 0. The highest BCUT2D eigenvalue weighted by molar-refractivity contribution is 5.84. The highest BCUT2D eigenvalue weighted by Gasteiger charge is 2.13. The molecular weight excluding hydrogens is 262 g/mol. The molecule has 21 heavy (non-hydrogen) atoms. The Bertz CT molecular complexity index is 768. The van der Waals surface area contributed by atoms with Crippen LogP contribution in [0, 0.1) is 10.1 Å². The molecule has 0 N–H and O–H groups in total. The van der Waals surface area contributed by atoms with Gasteiger partial charge in [-0.1, -0.05) is 60.7 Å². The van der Waals surface area contributed by atoms with Crippen LogP contribution in [0.4, 0.5) is 5.69 Å². The summed E-state index contributed by atoms with van der Waals surface area (Å²) < 4.78 is 0. The zero-order chi connectivity index (χ0) is 14.7. The largest absolute Gasteiger partial charge is 0.270 e. The van der Waals surface area contributed by atoms with Crippen LogP contribution in [0.3, 0.4) is 0 Å². The maximum Gasteiger partial charge on any atom is 0.270 e. The van der Waals surface area contributed by atoms with Gasteiger partial charge in [-0.25, -0.2) is 0 Å². The van der Waals surface area contributed by atoms with Crippen LogP contribution in [-0.2, 0) is 0 Å². The second-order valence-electron chi connectivity index (χ2n) is 4.72. The number of nitro benzene ring substituents is 1. The van der Waals surface area contributed by atoms with Gasteiger partial charge < -0.3 is 0 Å². The summed E-state index contributed by atoms with van der Waals surface area (Å²) in [6.07, 6.45) is 0. The highest BCUT2D eigenvalue weighted by Crippen LogP contribution is 2.34. The van der Waals surface area contributed by atoms with Crippen LogP contribution >= 0.6 is 0 Å². The number of benzene rings is 3. The number of hydrogen-bond donors (Lipinski definition) is 0. The molecule has 3 aromatic carbocycles. The van der Waals surface area contributed by atoms with Crippen LogP contribution in [0.5, 0.6) is 0 Å². The van der Waals surface area contributed by atoms with Crippen LogP contribution in [0.15, 0.2) is 78.9 Å². The molecule has 0 aliphatic rings. The smallest absolute Gasteiger partial charge is 0.258 e. The second-order valence-corrected chi connectivity index (χ2v) is 4.72. The molecule has 102 valence electrons. The molecule has 0 aliphatic carbocycles. The summed E-state index contributed by atoms with van der Waals surface area (Å²) >= 11 is 0. The lowest BCUT2D eigenvalue weighted by molar-refractivity contribution is -0.384. The van der Waals surface area contributed by atoms with E-state index in [2.05, 4.69) is 0 Å². The predicted molar refractivity (Wildman–Crippen MR) is 84.0 cm³/mol. The first-order valence-electron chi connectivity index (χ1n) is 6.65. The molecule has 0 amide bonds. The lowest BCUT2D eigenvalue weighted by Crippen LogP contribution is -1.91. The van der Waals surface area contributed by atoms with Crippen molar-refractivity contribution < 1.29 is 4.92 Å². The van der Waals surface area contributed by atoms with E-state index in [0.29, 0.717) is 0 Å². The van der Waals surface area contributed by atoms with E-state index in [1.807, 2.05) is 66.7 Å². The number of non-ortho nitro benzene ring substituents is 1. The summed E-state index contributed by atoms with van der Waals surface area (Å²) in [6, 6.07) is 24.6. The van der Waals surface area contributed by atoms with Gasteiger partial charge in [0.05, 0.1) is 4.92 Å². The number of nitrogens with zero attached hydrogens (tertiary/aromatic N) is 1. The maximum absolute atomic E-state index is 11.0. The van der Waals surface area contributed by atoms with Crippen LogP contribution in [0.1, 0.15) is 0 Å². The monoisotopic (exact) mass is 275 g/mol. The van der Waals surface area contributed by atoms with Crippen molar-refractivity contribution >= 4 is 5.69 Å². The van der Waals surface area contributed by atoms with Crippen molar-refractivity contribution in [3.05, 3.63) is 89.0 Å². The highest BCUT2D eigenvalue weighted by atomic mass is 16.6. The fourth-order valence-corrected chi connectivity index (χ4v) is 2.37. The third-order valence-electron chi connectivity index (χ3n) is 3.38. The lowest BCUT2D eigenvalue weighted by Gasteiger charge is -2.10. The van der Waals surface area contributed by atoms with E-state index in [0.717, 1.165) is 22.3 Å². The number of rotatable bonds is 3. The van der Waals surface area contributed by atoms with Gasteiger partial charge in [0.25, 0.3) is 5.69 Å². The molecule has 3 heteroatoms. The minimum atomic E-state index is -0.360. The molecular formula is C18H13NO2. The molecule has 3 nitrogen and oxygen atoms in total. The van der Waals surface area contributed by atoms with E-state index in [4.69, 9.17) is 0 Å². The van der Waals surface area contributed by atoms with E-state index in [1.54, 1.807) is 12.1 Å². The Labute approximate surface area is 122 Å². The van der Waals surface area contributed by atoms with Gasteiger partial charge in [0.15, 0.2) is 0 Å². The van der Waals surface area contributed by atoms with E-state index in [9.17, 15) is 10.1 Å². The summed E-state index contributed by atoms with van der Waals surface area (Å²) in [5, 5.41) is 11.0.